The maximum Gasteiger partial charge on any atom is 0.328 e. The van der Waals surface area contributed by atoms with Gasteiger partial charge in [0.25, 0.3) is 5.91 Å². The van der Waals surface area contributed by atoms with Crippen molar-refractivity contribution in [3.8, 4) is 0 Å². The van der Waals surface area contributed by atoms with E-state index < -0.39 is 5.97 Å². The van der Waals surface area contributed by atoms with E-state index in [4.69, 9.17) is 5.11 Å². The van der Waals surface area contributed by atoms with Crippen molar-refractivity contribution in [2.24, 2.45) is 0 Å². The maximum absolute atomic E-state index is 12.4. The summed E-state index contributed by atoms with van der Waals surface area (Å²) < 4.78 is 0. The number of carboxylic acid groups (broad SMARTS) is 1. The van der Waals surface area contributed by atoms with E-state index in [-0.39, 0.29) is 11.4 Å². The summed E-state index contributed by atoms with van der Waals surface area (Å²) in [4.78, 5) is 24.6. The summed E-state index contributed by atoms with van der Waals surface area (Å²) in [5, 5.41) is 8.62. The third-order valence-corrected chi connectivity index (χ3v) is 3.63. The average Bonchev–Trinajstić information content (AvgIpc) is 2.43. The lowest BCUT2D eigenvalue weighted by atomic mass is 9.98. The molecule has 0 radical (unpaired) electrons. The quantitative estimate of drug-likeness (QED) is 0.840. The van der Waals surface area contributed by atoms with E-state index in [9.17, 15) is 9.59 Å². The Hall–Kier alpha value is -2.10. The number of rotatable bonds is 5. The molecule has 0 unspecified atom stereocenters. The number of hydrogen-bond acceptors (Lipinski definition) is 2. The summed E-state index contributed by atoms with van der Waals surface area (Å²) >= 11 is 0. The van der Waals surface area contributed by atoms with Gasteiger partial charge in [0, 0.05) is 24.2 Å². The van der Waals surface area contributed by atoms with Crippen molar-refractivity contribution < 1.29 is 14.7 Å². The van der Waals surface area contributed by atoms with Crippen molar-refractivity contribution in [2.45, 2.75) is 32.7 Å². The second kappa shape index (κ2) is 6.37. The highest BCUT2D eigenvalue weighted by atomic mass is 16.4. The first-order chi connectivity index (χ1) is 9.27. The number of aliphatic carboxylic acids is 1. The lowest BCUT2D eigenvalue weighted by molar-refractivity contribution is -0.131. The summed E-state index contributed by atoms with van der Waals surface area (Å²) in [7, 11) is 1.78. The van der Waals surface area contributed by atoms with Crippen LogP contribution in [0, 0.1) is 0 Å². The zero-order chi connectivity index (χ0) is 15.3. The molecule has 0 saturated heterocycles. The number of carbonyl (C=O) groups excluding carboxylic acids is 1. The van der Waals surface area contributed by atoms with Crippen LogP contribution in [-0.4, -0.2) is 34.5 Å². The fraction of sp³-hybridized carbons (Fsp3) is 0.375. The summed E-state index contributed by atoms with van der Waals surface area (Å²) in [6, 6.07) is 6.95. The molecule has 0 aliphatic carbocycles. The first-order valence-electron chi connectivity index (χ1n) is 6.57. The van der Waals surface area contributed by atoms with Gasteiger partial charge in [0.05, 0.1) is 0 Å². The molecule has 0 aliphatic rings. The van der Waals surface area contributed by atoms with Crippen LogP contribution in [0.15, 0.2) is 30.3 Å². The van der Waals surface area contributed by atoms with Crippen molar-refractivity contribution in [2.75, 3.05) is 7.05 Å². The Balaban J connectivity index is 3.00. The smallest absolute Gasteiger partial charge is 0.328 e. The third kappa shape index (κ3) is 3.95. The van der Waals surface area contributed by atoms with Gasteiger partial charge in [-0.25, -0.2) is 4.79 Å². The minimum absolute atomic E-state index is 0.0672. The van der Waals surface area contributed by atoms with Gasteiger partial charge in [-0.2, -0.15) is 0 Å². The van der Waals surface area contributed by atoms with Crippen LogP contribution in [0.1, 0.15) is 43.1 Å². The molecule has 0 heterocycles. The van der Waals surface area contributed by atoms with E-state index in [0.717, 1.165) is 12.5 Å². The molecule has 4 heteroatoms. The van der Waals surface area contributed by atoms with Gasteiger partial charge in [-0.3, -0.25) is 4.79 Å². The van der Waals surface area contributed by atoms with Gasteiger partial charge in [0.15, 0.2) is 0 Å². The zero-order valence-corrected chi connectivity index (χ0v) is 12.4. The summed E-state index contributed by atoms with van der Waals surface area (Å²) in [6.45, 7) is 6.06. The van der Waals surface area contributed by atoms with E-state index >= 15 is 0 Å². The van der Waals surface area contributed by atoms with E-state index in [1.807, 2.05) is 20.8 Å². The fourth-order valence-corrected chi connectivity index (χ4v) is 1.65. The van der Waals surface area contributed by atoms with Crippen LogP contribution >= 0.6 is 0 Å². The molecule has 1 rings (SSSR count). The zero-order valence-electron chi connectivity index (χ0n) is 12.4. The Morgan fingerprint density at radius 3 is 2.55 bits per heavy atom. The monoisotopic (exact) mass is 275 g/mol. The van der Waals surface area contributed by atoms with Crippen LogP contribution in [0.3, 0.4) is 0 Å². The predicted octanol–water partition coefficient (Wildman–Crippen LogP) is 3.05. The van der Waals surface area contributed by atoms with E-state index in [1.54, 1.807) is 36.2 Å². The lowest BCUT2D eigenvalue weighted by Gasteiger charge is -2.35. The van der Waals surface area contributed by atoms with Crippen LogP contribution in [0.4, 0.5) is 0 Å². The summed E-state index contributed by atoms with van der Waals surface area (Å²) in [5.74, 6) is -1.08. The van der Waals surface area contributed by atoms with Gasteiger partial charge in [-0.05, 0) is 44.0 Å². The topological polar surface area (TPSA) is 57.6 Å². The van der Waals surface area contributed by atoms with E-state index in [2.05, 4.69) is 0 Å². The third-order valence-electron chi connectivity index (χ3n) is 3.63. The SMILES string of the molecule is CCC(C)(C)N(C)C(=O)c1cccc(C=CC(=O)O)c1. The average molecular weight is 275 g/mol. The lowest BCUT2D eigenvalue weighted by Crippen LogP contribution is -2.44. The number of hydrogen-bond donors (Lipinski definition) is 1. The number of amides is 1. The fourth-order valence-electron chi connectivity index (χ4n) is 1.65. The highest BCUT2D eigenvalue weighted by Crippen LogP contribution is 2.20. The Morgan fingerprint density at radius 2 is 2.00 bits per heavy atom. The summed E-state index contributed by atoms with van der Waals surface area (Å²) in [5.41, 5.74) is 1.03. The number of benzene rings is 1. The Morgan fingerprint density at radius 1 is 1.35 bits per heavy atom. The Labute approximate surface area is 119 Å². The van der Waals surface area contributed by atoms with Gasteiger partial charge < -0.3 is 10.0 Å². The van der Waals surface area contributed by atoms with Crippen LogP contribution in [0.5, 0.6) is 0 Å². The largest absolute Gasteiger partial charge is 0.478 e. The van der Waals surface area contributed by atoms with Crippen molar-refractivity contribution in [3.05, 3.63) is 41.5 Å². The van der Waals surface area contributed by atoms with Crippen LogP contribution in [0.2, 0.25) is 0 Å². The molecule has 0 atom stereocenters. The minimum Gasteiger partial charge on any atom is -0.478 e. The highest BCUT2D eigenvalue weighted by molar-refractivity contribution is 5.95. The molecule has 108 valence electrons. The van der Waals surface area contributed by atoms with Crippen molar-refractivity contribution in [1.82, 2.24) is 4.90 Å². The molecule has 0 saturated carbocycles. The van der Waals surface area contributed by atoms with Crippen LogP contribution in [-0.2, 0) is 4.79 Å². The first kappa shape index (κ1) is 16.0. The molecular weight excluding hydrogens is 254 g/mol. The molecule has 1 aromatic carbocycles. The molecule has 1 N–H and O–H groups in total. The van der Waals surface area contributed by atoms with Crippen molar-refractivity contribution in [3.63, 3.8) is 0 Å². The molecule has 1 aromatic rings. The molecule has 20 heavy (non-hydrogen) atoms. The Kier molecular flexibility index (Phi) is 5.08. The van der Waals surface area contributed by atoms with Crippen LogP contribution in [0.25, 0.3) is 6.08 Å². The van der Waals surface area contributed by atoms with Gasteiger partial charge in [0.2, 0.25) is 0 Å². The molecule has 4 nitrogen and oxygen atoms in total. The van der Waals surface area contributed by atoms with E-state index in [1.165, 1.54) is 6.08 Å². The molecule has 0 aromatic heterocycles. The van der Waals surface area contributed by atoms with Gasteiger partial charge >= 0.3 is 5.97 Å². The number of nitrogens with zero attached hydrogens (tertiary/aromatic N) is 1. The second-order valence-electron chi connectivity index (χ2n) is 5.33. The molecule has 1 amide bonds. The molecule has 0 bridgehead atoms. The molecular formula is C16H21NO3. The normalized spacial score (nSPS) is 11.6. The summed E-state index contributed by atoms with van der Waals surface area (Å²) in [6.07, 6.45) is 3.39. The number of carboxylic acids is 1. The highest BCUT2D eigenvalue weighted by Gasteiger charge is 2.26. The van der Waals surface area contributed by atoms with Crippen molar-refractivity contribution in [1.29, 1.82) is 0 Å². The van der Waals surface area contributed by atoms with Gasteiger partial charge in [-0.1, -0.05) is 19.1 Å². The van der Waals surface area contributed by atoms with Crippen molar-refractivity contribution >= 4 is 18.0 Å². The number of carbonyl (C=O) groups is 2. The minimum atomic E-state index is -1.01. The molecule has 0 fully saturated rings. The van der Waals surface area contributed by atoms with Gasteiger partial charge in [-0.15, -0.1) is 0 Å². The van der Waals surface area contributed by atoms with Crippen LogP contribution < -0.4 is 0 Å². The van der Waals surface area contributed by atoms with E-state index in [0.29, 0.717) is 11.1 Å². The molecule has 0 spiro atoms. The predicted molar refractivity (Wildman–Crippen MR) is 79.6 cm³/mol. The standard InChI is InChI=1S/C16H21NO3/c1-5-16(2,3)17(4)15(20)13-8-6-7-12(11-13)9-10-14(18)19/h6-11H,5H2,1-4H3,(H,18,19). The Bertz CT molecular complexity index is 532. The maximum atomic E-state index is 12.4. The molecule has 0 aliphatic heterocycles. The second-order valence-corrected chi connectivity index (χ2v) is 5.33. The first-order valence-corrected chi connectivity index (χ1v) is 6.57. The van der Waals surface area contributed by atoms with Gasteiger partial charge in [0.1, 0.15) is 0 Å².